The first kappa shape index (κ1) is 19.8. The molecule has 3 rings (SSSR count). The van der Waals surface area contributed by atoms with Crippen molar-refractivity contribution in [3.05, 3.63) is 29.3 Å². The molecule has 0 radical (unpaired) electrons. The molecule has 6 nitrogen and oxygen atoms in total. The van der Waals surface area contributed by atoms with Crippen molar-refractivity contribution >= 4 is 17.5 Å². The second-order valence-corrected chi connectivity index (χ2v) is 7.73. The van der Waals surface area contributed by atoms with Gasteiger partial charge in [0.2, 0.25) is 0 Å². The number of amides is 2. The number of hydrogen-bond acceptors (Lipinski definition) is 4. The molecule has 0 aromatic heterocycles. The van der Waals surface area contributed by atoms with Crippen LogP contribution in [0.2, 0.25) is 0 Å². The van der Waals surface area contributed by atoms with Crippen molar-refractivity contribution < 1.29 is 14.3 Å². The number of aryl methyl sites for hydroxylation is 1. The molecule has 148 valence electrons. The molecule has 0 aliphatic carbocycles. The fourth-order valence-electron chi connectivity index (χ4n) is 3.96. The predicted octanol–water partition coefficient (Wildman–Crippen LogP) is 2.25. The Labute approximate surface area is 161 Å². The van der Waals surface area contributed by atoms with Crippen molar-refractivity contribution in [2.75, 3.05) is 38.2 Å². The molecular formula is C21H31N3O3. The second kappa shape index (κ2) is 9.33. The maximum absolute atomic E-state index is 12.2. The van der Waals surface area contributed by atoms with Crippen molar-refractivity contribution in [3.63, 3.8) is 0 Å². The van der Waals surface area contributed by atoms with Crippen LogP contribution >= 0.6 is 0 Å². The molecular weight excluding hydrogens is 342 g/mol. The van der Waals surface area contributed by atoms with E-state index in [0.29, 0.717) is 24.2 Å². The van der Waals surface area contributed by atoms with E-state index >= 15 is 0 Å². The average molecular weight is 373 g/mol. The molecule has 0 saturated carbocycles. The van der Waals surface area contributed by atoms with Crippen molar-refractivity contribution in [1.82, 2.24) is 10.2 Å². The third-order valence-corrected chi connectivity index (χ3v) is 5.97. The van der Waals surface area contributed by atoms with E-state index in [0.717, 1.165) is 63.1 Å². The fourth-order valence-corrected chi connectivity index (χ4v) is 3.96. The Morgan fingerprint density at radius 1 is 1.07 bits per heavy atom. The summed E-state index contributed by atoms with van der Waals surface area (Å²) in [4.78, 5) is 26.9. The van der Waals surface area contributed by atoms with E-state index in [1.54, 1.807) is 0 Å². The van der Waals surface area contributed by atoms with Gasteiger partial charge < -0.3 is 20.3 Å². The van der Waals surface area contributed by atoms with Gasteiger partial charge in [-0.25, -0.2) is 0 Å². The van der Waals surface area contributed by atoms with Crippen LogP contribution in [-0.2, 0) is 14.3 Å². The largest absolute Gasteiger partial charge is 0.381 e. The van der Waals surface area contributed by atoms with Gasteiger partial charge in [-0.15, -0.1) is 0 Å². The smallest absolute Gasteiger partial charge is 0.313 e. The molecule has 2 amide bonds. The van der Waals surface area contributed by atoms with Crippen molar-refractivity contribution in [1.29, 1.82) is 0 Å². The quantitative estimate of drug-likeness (QED) is 0.794. The van der Waals surface area contributed by atoms with Crippen LogP contribution in [0.4, 0.5) is 5.69 Å². The molecule has 2 fully saturated rings. The lowest BCUT2D eigenvalue weighted by Crippen LogP contribution is -2.46. The summed E-state index contributed by atoms with van der Waals surface area (Å²) in [7, 11) is 0. The molecule has 2 saturated heterocycles. The van der Waals surface area contributed by atoms with Crippen LogP contribution in [-0.4, -0.2) is 55.6 Å². The minimum absolute atomic E-state index is 0.443. The minimum Gasteiger partial charge on any atom is -0.381 e. The number of ether oxygens (including phenoxy) is 1. The second-order valence-electron chi connectivity index (χ2n) is 7.73. The lowest BCUT2D eigenvalue weighted by molar-refractivity contribution is -0.136. The van der Waals surface area contributed by atoms with Crippen LogP contribution in [0.25, 0.3) is 0 Å². The normalized spacial score (nSPS) is 19.6. The first-order valence-corrected chi connectivity index (χ1v) is 10.0. The molecule has 6 heteroatoms. The number of hydrogen-bond donors (Lipinski definition) is 2. The van der Waals surface area contributed by atoms with Crippen LogP contribution < -0.4 is 10.6 Å². The fraction of sp³-hybridized carbons (Fsp3) is 0.619. The molecule has 1 aromatic rings. The zero-order valence-corrected chi connectivity index (χ0v) is 16.4. The zero-order chi connectivity index (χ0) is 19.2. The molecule has 0 unspecified atom stereocenters. The van der Waals surface area contributed by atoms with Gasteiger partial charge in [-0.3, -0.25) is 9.59 Å². The SMILES string of the molecule is Cc1cccc(NC(=O)C(=O)NCC2CCN(C3CCOCC3)CC2)c1C. The van der Waals surface area contributed by atoms with Crippen LogP contribution in [0, 0.1) is 19.8 Å². The van der Waals surface area contributed by atoms with Gasteiger partial charge in [-0.05, 0) is 75.7 Å². The molecule has 0 atom stereocenters. The Morgan fingerprint density at radius 2 is 1.78 bits per heavy atom. The van der Waals surface area contributed by atoms with Crippen LogP contribution in [0.1, 0.15) is 36.8 Å². The predicted molar refractivity (Wildman–Crippen MR) is 106 cm³/mol. The lowest BCUT2D eigenvalue weighted by Gasteiger charge is -2.39. The van der Waals surface area contributed by atoms with Crippen molar-refractivity contribution in [2.45, 2.75) is 45.6 Å². The van der Waals surface area contributed by atoms with Crippen molar-refractivity contribution in [2.24, 2.45) is 5.92 Å². The van der Waals surface area contributed by atoms with Gasteiger partial charge in [-0.2, -0.15) is 0 Å². The number of carbonyl (C=O) groups is 2. The number of benzene rings is 1. The summed E-state index contributed by atoms with van der Waals surface area (Å²) in [6.45, 7) is 8.37. The molecule has 2 N–H and O–H groups in total. The number of carbonyl (C=O) groups excluding carboxylic acids is 2. The Hall–Kier alpha value is -1.92. The molecule has 27 heavy (non-hydrogen) atoms. The Balaban J connectivity index is 1.40. The van der Waals surface area contributed by atoms with E-state index < -0.39 is 11.8 Å². The first-order chi connectivity index (χ1) is 13.0. The molecule has 2 aliphatic rings. The zero-order valence-electron chi connectivity index (χ0n) is 16.4. The van der Waals surface area contributed by atoms with E-state index in [4.69, 9.17) is 4.74 Å². The standard InChI is InChI=1S/C21H31N3O3/c1-15-4-3-5-19(16(15)2)23-21(26)20(25)22-14-17-6-10-24(11-7-17)18-8-12-27-13-9-18/h3-5,17-18H,6-14H2,1-2H3,(H,22,25)(H,23,26). The van der Waals surface area contributed by atoms with Gasteiger partial charge in [0, 0.05) is 31.5 Å². The third kappa shape index (κ3) is 5.30. The van der Waals surface area contributed by atoms with Gasteiger partial charge in [0.15, 0.2) is 0 Å². The van der Waals surface area contributed by atoms with Crippen LogP contribution in [0.5, 0.6) is 0 Å². The highest BCUT2D eigenvalue weighted by molar-refractivity contribution is 6.39. The number of nitrogens with one attached hydrogen (secondary N) is 2. The molecule has 0 spiro atoms. The Morgan fingerprint density at radius 3 is 2.48 bits per heavy atom. The summed E-state index contributed by atoms with van der Waals surface area (Å²) in [5, 5.41) is 5.53. The Kier molecular flexibility index (Phi) is 6.85. The van der Waals surface area contributed by atoms with E-state index in [-0.39, 0.29) is 0 Å². The summed E-state index contributed by atoms with van der Waals surface area (Å²) >= 11 is 0. The highest BCUT2D eigenvalue weighted by Crippen LogP contribution is 2.23. The van der Waals surface area contributed by atoms with E-state index in [1.165, 1.54) is 0 Å². The number of likely N-dealkylation sites (tertiary alicyclic amines) is 1. The van der Waals surface area contributed by atoms with Gasteiger partial charge in [0.25, 0.3) is 0 Å². The lowest BCUT2D eigenvalue weighted by atomic mass is 9.94. The number of piperidine rings is 1. The van der Waals surface area contributed by atoms with Gasteiger partial charge in [0.1, 0.15) is 0 Å². The monoisotopic (exact) mass is 373 g/mol. The van der Waals surface area contributed by atoms with E-state index in [1.807, 2.05) is 32.0 Å². The number of nitrogens with zero attached hydrogens (tertiary/aromatic N) is 1. The van der Waals surface area contributed by atoms with Crippen molar-refractivity contribution in [3.8, 4) is 0 Å². The highest BCUT2D eigenvalue weighted by atomic mass is 16.5. The summed E-state index contributed by atoms with van der Waals surface area (Å²) in [6, 6.07) is 6.33. The number of rotatable bonds is 4. The van der Waals surface area contributed by atoms with Crippen LogP contribution in [0.15, 0.2) is 18.2 Å². The molecule has 2 aliphatic heterocycles. The molecule has 2 heterocycles. The van der Waals surface area contributed by atoms with E-state index in [2.05, 4.69) is 15.5 Å². The molecule has 1 aromatic carbocycles. The number of anilines is 1. The first-order valence-electron chi connectivity index (χ1n) is 10.0. The van der Waals surface area contributed by atoms with Gasteiger partial charge in [-0.1, -0.05) is 12.1 Å². The maximum atomic E-state index is 12.2. The topological polar surface area (TPSA) is 70.7 Å². The summed E-state index contributed by atoms with van der Waals surface area (Å²) in [5.74, 6) is -0.704. The average Bonchev–Trinajstić information content (AvgIpc) is 2.70. The third-order valence-electron chi connectivity index (χ3n) is 5.97. The van der Waals surface area contributed by atoms with Gasteiger partial charge >= 0.3 is 11.8 Å². The minimum atomic E-state index is -0.594. The van der Waals surface area contributed by atoms with Crippen LogP contribution in [0.3, 0.4) is 0 Å². The summed E-state index contributed by atoms with van der Waals surface area (Å²) < 4.78 is 5.44. The Bertz CT molecular complexity index is 663. The van der Waals surface area contributed by atoms with E-state index in [9.17, 15) is 9.59 Å². The molecule has 0 bridgehead atoms. The maximum Gasteiger partial charge on any atom is 0.313 e. The summed E-state index contributed by atoms with van der Waals surface area (Å²) in [6.07, 6.45) is 4.38. The highest BCUT2D eigenvalue weighted by Gasteiger charge is 2.27. The summed E-state index contributed by atoms with van der Waals surface area (Å²) in [5.41, 5.74) is 2.77. The van der Waals surface area contributed by atoms with Gasteiger partial charge in [0.05, 0.1) is 0 Å².